The van der Waals surface area contributed by atoms with Crippen molar-refractivity contribution in [3.8, 4) is 0 Å². The first-order chi connectivity index (χ1) is 11.6. The van der Waals surface area contributed by atoms with E-state index in [0.29, 0.717) is 5.06 Å². The summed E-state index contributed by atoms with van der Waals surface area (Å²) in [6.07, 6.45) is -0.686. The molecule has 0 radical (unpaired) electrons. The van der Waals surface area contributed by atoms with Crippen LogP contribution in [0.5, 0.6) is 0 Å². The van der Waals surface area contributed by atoms with Gasteiger partial charge in [-0.1, -0.05) is 17.2 Å². The molecule has 25 heavy (non-hydrogen) atoms. The van der Waals surface area contributed by atoms with E-state index < -0.39 is 36.0 Å². The Labute approximate surface area is 145 Å². The van der Waals surface area contributed by atoms with Crippen molar-refractivity contribution in [2.45, 2.75) is 33.3 Å². The average Bonchev–Trinajstić information content (AvgIpc) is 2.76. The highest BCUT2D eigenvalue weighted by molar-refractivity contribution is 6.20. The molecule has 1 aromatic carbocycles. The highest BCUT2D eigenvalue weighted by atomic mass is 16.7. The molecule has 1 heterocycles. The van der Waals surface area contributed by atoms with Crippen LogP contribution in [0.15, 0.2) is 24.3 Å². The Hall–Kier alpha value is -2.90. The summed E-state index contributed by atoms with van der Waals surface area (Å²) >= 11 is 0. The van der Waals surface area contributed by atoms with Crippen LogP contribution in [0.3, 0.4) is 0 Å². The zero-order chi connectivity index (χ0) is 18.8. The third-order valence-electron chi connectivity index (χ3n) is 3.30. The van der Waals surface area contributed by atoms with Gasteiger partial charge in [0.05, 0.1) is 11.1 Å². The maximum Gasteiger partial charge on any atom is 0.410 e. The summed E-state index contributed by atoms with van der Waals surface area (Å²) in [7, 11) is 0. The molecule has 0 N–H and O–H groups in total. The fraction of sp³-hybridized carbons (Fsp3) is 0.412. The molecule has 0 aromatic heterocycles. The Bertz CT molecular complexity index is 687. The Balaban J connectivity index is 2.02. The normalized spacial score (nSPS) is 13.5. The standard InChI is InChI=1S/C17H20N2O6/c1-5-18(16(23)24-17(2,3)4)10-13(20)25-19-14(21)11-8-6-7-9-12(11)15(19)22/h6-9H,5,10H2,1-4H3. The van der Waals surface area contributed by atoms with Crippen molar-refractivity contribution in [1.82, 2.24) is 9.96 Å². The maximum absolute atomic E-state index is 12.1. The van der Waals surface area contributed by atoms with Crippen molar-refractivity contribution >= 4 is 23.9 Å². The summed E-state index contributed by atoms with van der Waals surface area (Å²) in [4.78, 5) is 54.4. The number of nitrogens with zero attached hydrogens (tertiary/aromatic N) is 2. The minimum atomic E-state index is -0.915. The number of carbonyl (C=O) groups is 4. The molecule has 8 nitrogen and oxygen atoms in total. The molecule has 0 fully saturated rings. The number of rotatable bonds is 4. The number of fused-ring (bicyclic) bond motifs is 1. The van der Waals surface area contributed by atoms with Crippen molar-refractivity contribution in [1.29, 1.82) is 0 Å². The molecule has 1 aliphatic heterocycles. The third kappa shape index (κ3) is 4.14. The number of hydrogen-bond acceptors (Lipinski definition) is 6. The molecular weight excluding hydrogens is 328 g/mol. The minimum Gasteiger partial charge on any atom is -0.444 e. The number of hydrogen-bond donors (Lipinski definition) is 0. The van der Waals surface area contributed by atoms with Gasteiger partial charge in [0.1, 0.15) is 12.1 Å². The number of carbonyl (C=O) groups excluding carboxylic acids is 4. The predicted molar refractivity (Wildman–Crippen MR) is 86.5 cm³/mol. The first-order valence-corrected chi connectivity index (χ1v) is 7.80. The summed E-state index contributed by atoms with van der Waals surface area (Å²) in [6, 6.07) is 6.16. The van der Waals surface area contributed by atoms with Gasteiger partial charge in [-0.2, -0.15) is 0 Å². The Morgan fingerprint density at radius 3 is 2.04 bits per heavy atom. The maximum atomic E-state index is 12.1. The van der Waals surface area contributed by atoms with Crippen LogP contribution < -0.4 is 0 Å². The van der Waals surface area contributed by atoms with Crippen molar-refractivity contribution in [3.63, 3.8) is 0 Å². The van der Waals surface area contributed by atoms with Gasteiger partial charge in [-0.3, -0.25) is 14.5 Å². The molecule has 3 amide bonds. The molecule has 8 heteroatoms. The van der Waals surface area contributed by atoms with Gasteiger partial charge in [0, 0.05) is 6.54 Å². The molecule has 0 saturated carbocycles. The number of hydroxylamine groups is 2. The van der Waals surface area contributed by atoms with E-state index in [4.69, 9.17) is 9.57 Å². The van der Waals surface area contributed by atoms with Crippen molar-refractivity contribution in [2.24, 2.45) is 0 Å². The van der Waals surface area contributed by atoms with Gasteiger partial charge >= 0.3 is 12.1 Å². The van der Waals surface area contributed by atoms with Crippen molar-refractivity contribution in [2.75, 3.05) is 13.1 Å². The lowest BCUT2D eigenvalue weighted by molar-refractivity contribution is -0.169. The lowest BCUT2D eigenvalue weighted by atomic mass is 10.1. The van der Waals surface area contributed by atoms with E-state index in [0.717, 1.165) is 4.90 Å². The van der Waals surface area contributed by atoms with E-state index in [1.165, 1.54) is 12.1 Å². The second-order valence-electron chi connectivity index (χ2n) is 6.41. The average molecular weight is 348 g/mol. The molecular formula is C17H20N2O6. The van der Waals surface area contributed by atoms with Gasteiger partial charge in [0.15, 0.2) is 0 Å². The molecule has 1 aromatic rings. The first kappa shape index (κ1) is 18.4. The second-order valence-corrected chi connectivity index (χ2v) is 6.41. The molecule has 134 valence electrons. The molecule has 1 aliphatic rings. The highest BCUT2D eigenvalue weighted by Gasteiger charge is 2.39. The largest absolute Gasteiger partial charge is 0.444 e. The lowest BCUT2D eigenvalue weighted by Crippen LogP contribution is -2.42. The fourth-order valence-electron chi connectivity index (χ4n) is 2.17. The Kier molecular flexibility index (Phi) is 5.10. The molecule has 0 bridgehead atoms. The zero-order valence-corrected chi connectivity index (χ0v) is 14.6. The van der Waals surface area contributed by atoms with Gasteiger partial charge in [-0.05, 0) is 39.8 Å². The molecule has 0 saturated heterocycles. The topological polar surface area (TPSA) is 93.2 Å². The smallest absolute Gasteiger partial charge is 0.410 e. The fourth-order valence-corrected chi connectivity index (χ4v) is 2.17. The van der Waals surface area contributed by atoms with Gasteiger partial charge in [-0.25, -0.2) is 9.59 Å². The molecule has 0 spiro atoms. The van der Waals surface area contributed by atoms with E-state index in [9.17, 15) is 19.2 Å². The van der Waals surface area contributed by atoms with Crippen LogP contribution in [0, 0.1) is 0 Å². The van der Waals surface area contributed by atoms with Gasteiger partial charge in [0.2, 0.25) is 0 Å². The summed E-state index contributed by atoms with van der Waals surface area (Å²) in [5, 5.41) is 0.413. The van der Waals surface area contributed by atoms with E-state index in [1.54, 1.807) is 39.8 Å². The number of benzene rings is 1. The first-order valence-electron chi connectivity index (χ1n) is 7.80. The summed E-state index contributed by atoms with van der Waals surface area (Å²) in [5.41, 5.74) is -0.378. The van der Waals surface area contributed by atoms with E-state index in [1.807, 2.05) is 0 Å². The highest BCUT2D eigenvalue weighted by Crippen LogP contribution is 2.22. The number of amides is 3. The molecule has 0 aliphatic carbocycles. The van der Waals surface area contributed by atoms with Crippen molar-refractivity contribution in [3.05, 3.63) is 35.4 Å². The minimum absolute atomic E-state index is 0.166. The SMILES string of the molecule is CCN(CC(=O)ON1C(=O)c2ccccc2C1=O)C(=O)OC(C)(C)C. The second kappa shape index (κ2) is 6.92. The van der Waals surface area contributed by atoms with Crippen LogP contribution in [0.2, 0.25) is 0 Å². The summed E-state index contributed by atoms with van der Waals surface area (Å²) in [6.45, 7) is 6.53. The van der Waals surface area contributed by atoms with Gasteiger partial charge in [0.25, 0.3) is 11.8 Å². The van der Waals surface area contributed by atoms with Crippen molar-refractivity contribution < 1.29 is 28.8 Å². The van der Waals surface area contributed by atoms with Crippen LogP contribution in [-0.4, -0.2) is 52.5 Å². The Morgan fingerprint density at radius 1 is 1.08 bits per heavy atom. The molecule has 0 atom stereocenters. The number of likely N-dealkylation sites (N-methyl/N-ethyl adjacent to an activating group) is 1. The van der Waals surface area contributed by atoms with Crippen LogP contribution in [-0.2, 0) is 14.4 Å². The predicted octanol–water partition coefficient (Wildman–Crippen LogP) is 2.00. The summed E-state index contributed by atoms with van der Waals surface area (Å²) < 4.78 is 5.19. The lowest BCUT2D eigenvalue weighted by Gasteiger charge is -2.26. The van der Waals surface area contributed by atoms with E-state index >= 15 is 0 Å². The van der Waals surface area contributed by atoms with Crippen LogP contribution in [0.4, 0.5) is 4.79 Å². The van der Waals surface area contributed by atoms with Crippen LogP contribution in [0.25, 0.3) is 0 Å². The quantitative estimate of drug-likeness (QED) is 0.773. The molecule has 0 unspecified atom stereocenters. The third-order valence-corrected chi connectivity index (χ3v) is 3.30. The van der Waals surface area contributed by atoms with Gasteiger partial charge < -0.3 is 9.57 Å². The van der Waals surface area contributed by atoms with Crippen LogP contribution in [0.1, 0.15) is 48.4 Å². The van der Waals surface area contributed by atoms with E-state index in [-0.39, 0.29) is 17.7 Å². The number of ether oxygens (including phenoxy) is 1. The van der Waals surface area contributed by atoms with Gasteiger partial charge in [-0.15, -0.1) is 0 Å². The number of imide groups is 1. The zero-order valence-electron chi connectivity index (χ0n) is 14.6. The molecule has 2 rings (SSSR count). The van der Waals surface area contributed by atoms with E-state index in [2.05, 4.69) is 0 Å². The Morgan fingerprint density at radius 2 is 1.60 bits per heavy atom. The van der Waals surface area contributed by atoms with Crippen LogP contribution >= 0.6 is 0 Å². The monoisotopic (exact) mass is 348 g/mol. The summed E-state index contributed by atoms with van der Waals surface area (Å²) in [5.74, 6) is -2.34.